The standard InChI is InChI=1S/C17H26N4O/c1-12(2)16(22)20-9-14(17(10-20)6-3-7-17)15-19-18-11-21(15)8-13-4-5-13/h11-14H,3-10H2,1-2H3. The number of likely N-dealkylation sites (tertiary alicyclic amines) is 1. The van der Waals surface area contributed by atoms with Crippen LogP contribution in [-0.2, 0) is 11.3 Å². The fourth-order valence-electron chi connectivity index (χ4n) is 4.25. The van der Waals surface area contributed by atoms with Gasteiger partial charge in [0.1, 0.15) is 12.2 Å². The van der Waals surface area contributed by atoms with Crippen molar-refractivity contribution in [1.82, 2.24) is 19.7 Å². The predicted octanol–water partition coefficient (Wildman–Crippen LogP) is 2.44. The zero-order chi connectivity index (χ0) is 15.3. The highest BCUT2D eigenvalue weighted by molar-refractivity contribution is 5.78. The summed E-state index contributed by atoms with van der Waals surface area (Å²) in [5.41, 5.74) is 0.277. The molecule has 22 heavy (non-hydrogen) atoms. The first-order chi connectivity index (χ1) is 10.6. The fourth-order valence-corrected chi connectivity index (χ4v) is 4.25. The number of amides is 1. The van der Waals surface area contributed by atoms with Crippen molar-refractivity contribution in [2.24, 2.45) is 17.3 Å². The van der Waals surface area contributed by atoms with E-state index in [-0.39, 0.29) is 11.3 Å². The lowest BCUT2D eigenvalue weighted by Crippen LogP contribution is -2.39. The summed E-state index contributed by atoms with van der Waals surface area (Å²) < 4.78 is 2.27. The van der Waals surface area contributed by atoms with Crippen molar-refractivity contribution in [3.05, 3.63) is 12.2 Å². The van der Waals surface area contributed by atoms with E-state index >= 15 is 0 Å². The van der Waals surface area contributed by atoms with E-state index in [0.29, 0.717) is 11.8 Å². The van der Waals surface area contributed by atoms with Gasteiger partial charge in [-0.1, -0.05) is 20.3 Å². The van der Waals surface area contributed by atoms with E-state index in [9.17, 15) is 4.79 Å². The molecule has 4 rings (SSSR count). The normalized spacial score (nSPS) is 26.7. The molecule has 1 spiro atoms. The van der Waals surface area contributed by atoms with Crippen LogP contribution < -0.4 is 0 Å². The molecule has 1 aliphatic heterocycles. The summed E-state index contributed by atoms with van der Waals surface area (Å²) >= 11 is 0. The van der Waals surface area contributed by atoms with E-state index in [0.717, 1.165) is 31.4 Å². The van der Waals surface area contributed by atoms with Crippen molar-refractivity contribution in [2.45, 2.75) is 58.4 Å². The number of carbonyl (C=O) groups excluding carboxylic acids is 1. The molecule has 1 unspecified atom stereocenters. The molecule has 120 valence electrons. The number of aromatic nitrogens is 3. The average Bonchev–Trinajstić information content (AvgIpc) is 2.99. The summed E-state index contributed by atoms with van der Waals surface area (Å²) in [5.74, 6) is 2.71. The molecule has 5 nitrogen and oxygen atoms in total. The third-order valence-corrected chi connectivity index (χ3v) is 5.91. The van der Waals surface area contributed by atoms with Gasteiger partial charge in [-0.3, -0.25) is 4.79 Å². The smallest absolute Gasteiger partial charge is 0.225 e. The Morgan fingerprint density at radius 3 is 2.77 bits per heavy atom. The van der Waals surface area contributed by atoms with Crippen LogP contribution in [0.5, 0.6) is 0 Å². The minimum atomic E-state index is 0.0835. The Balaban J connectivity index is 1.59. The molecule has 0 bridgehead atoms. The summed E-state index contributed by atoms with van der Waals surface area (Å²) in [5, 5.41) is 8.66. The molecule has 0 radical (unpaired) electrons. The average molecular weight is 302 g/mol. The molecule has 1 aromatic heterocycles. The number of nitrogens with zero attached hydrogens (tertiary/aromatic N) is 4. The Bertz CT molecular complexity index is 571. The molecule has 2 saturated carbocycles. The SMILES string of the molecule is CC(C)C(=O)N1CC(c2nncn2CC2CC2)C2(CCC2)C1. The Morgan fingerprint density at radius 1 is 1.41 bits per heavy atom. The molecular formula is C17H26N4O. The first-order valence-electron chi connectivity index (χ1n) is 8.75. The van der Waals surface area contributed by atoms with Gasteiger partial charge in [-0.2, -0.15) is 0 Å². The van der Waals surface area contributed by atoms with Gasteiger partial charge in [0.2, 0.25) is 5.91 Å². The van der Waals surface area contributed by atoms with Crippen LogP contribution in [0.1, 0.15) is 57.7 Å². The summed E-state index contributed by atoms with van der Waals surface area (Å²) in [7, 11) is 0. The predicted molar refractivity (Wildman–Crippen MR) is 83.2 cm³/mol. The minimum absolute atomic E-state index is 0.0835. The van der Waals surface area contributed by atoms with Crippen molar-refractivity contribution in [1.29, 1.82) is 0 Å². The van der Waals surface area contributed by atoms with Gasteiger partial charge in [-0.05, 0) is 37.0 Å². The summed E-state index contributed by atoms with van der Waals surface area (Å²) in [6, 6.07) is 0. The second-order valence-electron chi connectivity index (χ2n) is 7.93. The summed E-state index contributed by atoms with van der Waals surface area (Å²) in [6.07, 6.45) is 8.33. The molecule has 0 aromatic carbocycles. The maximum atomic E-state index is 12.4. The van der Waals surface area contributed by atoms with Crippen LogP contribution in [0.4, 0.5) is 0 Å². The van der Waals surface area contributed by atoms with Crippen molar-refractivity contribution in [2.75, 3.05) is 13.1 Å². The number of rotatable bonds is 4. The fraction of sp³-hybridized carbons (Fsp3) is 0.824. The molecular weight excluding hydrogens is 276 g/mol. The Labute approximate surface area is 132 Å². The molecule has 1 aromatic rings. The van der Waals surface area contributed by atoms with Crippen LogP contribution in [0.25, 0.3) is 0 Å². The van der Waals surface area contributed by atoms with Crippen molar-refractivity contribution >= 4 is 5.91 Å². The third-order valence-electron chi connectivity index (χ3n) is 5.91. The molecule has 3 fully saturated rings. The topological polar surface area (TPSA) is 51.0 Å². The molecule has 5 heteroatoms. The third kappa shape index (κ3) is 2.25. The van der Waals surface area contributed by atoms with Gasteiger partial charge in [-0.25, -0.2) is 0 Å². The second kappa shape index (κ2) is 5.07. The van der Waals surface area contributed by atoms with Gasteiger partial charge in [-0.15, -0.1) is 10.2 Å². The lowest BCUT2D eigenvalue weighted by Gasteiger charge is -2.42. The van der Waals surface area contributed by atoms with E-state index in [1.54, 1.807) is 0 Å². The number of carbonyl (C=O) groups is 1. The molecule has 2 heterocycles. The largest absolute Gasteiger partial charge is 0.341 e. The van der Waals surface area contributed by atoms with Gasteiger partial charge in [0, 0.05) is 31.5 Å². The van der Waals surface area contributed by atoms with E-state index in [2.05, 4.69) is 19.7 Å². The molecule has 1 atom stereocenters. The van der Waals surface area contributed by atoms with E-state index in [4.69, 9.17) is 0 Å². The monoisotopic (exact) mass is 302 g/mol. The Morgan fingerprint density at radius 2 is 2.18 bits per heavy atom. The highest BCUT2D eigenvalue weighted by atomic mass is 16.2. The maximum absolute atomic E-state index is 12.4. The van der Waals surface area contributed by atoms with Crippen molar-refractivity contribution in [3.63, 3.8) is 0 Å². The lowest BCUT2D eigenvalue weighted by atomic mass is 9.62. The lowest BCUT2D eigenvalue weighted by molar-refractivity contribution is -0.134. The Hall–Kier alpha value is -1.39. The summed E-state index contributed by atoms with van der Waals surface area (Å²) in [6.45, 7) is 6.82. The minimum Gasteiger partial charge on any atom is -0.341 e. The van der Waals surface area contributed by atoms with Crippen LogP contribution >= 0.6 is 0 Å². The molecule has 3 aliphatic rings. The van der Waals surface area contributed by atoms with Gasteiger partial charge in [0.05, 0.1) is 0 Å². The maximum Gasteiger partial charge on any atom is 0.225 e. The van der Waals surface area contributed by atoms with E-state index < -0.39 is 0 Å². The van der Waals surface area contributed by atoms with Crippen molar-refractivity contribution < 1.29 is 4.79 Å². The first-order valence-corrected chi connectivity index (χ1v) is 8.75. The Kier molecular flexibility index (Phi) is 3.27. The molecule has 2 aliphatic carbocycles. The van der Waals surface area contributed by atoms with Crippen LogP contribution in [0.2, 0.25) is 0 Å². The van der Waals surface area contributed by atoms with E-state index in [1.165, 1.54) is 32.1 Å². The zero-order valence-corrected chi connectivity index (χ0v) is 13.7. The quantitative estimate of drug-likeness (QED) is 0.858. The zero-order valence-electron chi connectivity index (χ0n) is 13.7. The van der Waals surface area contributed by atoms with Gasteiger partial charge in [0.15, 0.2) is 0 Å². The summed E-state index contributed by atoms with van der Waals surface area (Å²) in [4.78, 5) is 14.5. The molecule has 1 saturated heterocycles. The second-order valence-corrected chi connectivity index (χ2v) is 7.93. The van der Waals surface area contributed by atoms with Gasteiger partial charge >= 0.3 is 0 Å². The van der Waals surface area contributed by atoms with Crippen LogP contribution in [0.15, 0.2) is 6.33 Å². The molecule has 1 amide bonds. The van der Waals surface area contributed by atoms with Gasteiger partial charge in [0.25, 0.3) is 0 Å². The van der Waals surface area contributed by atoms with Crippen LogP contribution in [-0.4, -0.2) is 38.7 Å². The van der Waals surface area contributed by atoms with Crippen molar-refractivity contribution in [3.8, 4) is 0 Å². The van der Waals surface area contributed by atoms with Crippen LogP contribution in [0, 0.1) is 17.3 Å². The van der Waals surface area contributed by atoms with Crippen LogP contribution in [0.3, 0.4) is 0 Å². The number of hydrogen-bond donors (Lipinski definition) is 0. The molecule has 0 N–H and O–H groups in total. The van der Waals surface area contributed by atoms with E-state index in [1.807, 2.05) is 20.2 Å². The first kappa shape index (κ1) is 14.2. The van der Waals surface area contributed by atoms with Gasteiger partial charge < -0.3 is 9.47 Å². The number of hydrogen-bond acceptors (Lipinski definition) is 3. The highest BCUT2D eigenvalue weighted by Crippen LogP contribution is 2.55. The highest BCUT2D eigenvalue weighted by Gasteiger charge is 2.53.